The van der Waals surface area contributed by atoms with E-state index in [0.29, 0.717) is 13.1 Å². The van der Waals surface area contributed by atoms with E-state index in [9.17, 15) is 9.59 Å². The van der Waals surface area contributed by atoms with Gasteiger partial charge in [-0.15, -0.1) is 6.58 Å². The highest BCUT2D eigenvalue weighted by molar-refractivity contribution is 5.81. The number of hydrogen-bond donors (Lipinski definition) is 2. The van der Waals surface area contributed by atoms with E-state index in [2.05, 4.69) is 17.2 Å². The fourth-order valence-electron chi connectivity index (χ4n) is 1.26. The molecule has 2 N–H and O–H groups in total. The van der Waals surface area contributed by atoms with E-state index < -0.39 is 0 Å². The van der Waals surface area contributed by atoms with Gasteiger partial charge in [-0.25, -0.2) is 0 Å². The average molecular weight is 227 g/mol. The minimum atomic E-state index is -0.196. The molecule has 1 atom stereocenters. The van der Waals surface area contributed by atoms with Crippen molar-refractivity contribution in [3.8, 4) is 0 Å². The zero-order valence-electron chi connectivity index (χ0n) is 10.2. The van der Waals surface area contributed by atoms with Crippen LogP contribution in [0.2, 0.25) is 0 Å². The number of amides is 2. The summed E-state index contributed by atoms with van der Waals surface area (Å²) in [6.07, 6.45) is 1.69. The fraction of sp³-hybridized carbons (Fsp3) is 0.636. The van der Waals surface area contributed by atoms with Crippen LogP contribution in [0.15, 0.2) is 12.7 Å². The number of carbonyl (C=O) groups excluding carboxylic acids is 2. The average Bonchev–Trinajstić information content (AvgIpc) is 2.27. The predicted molar refractivity (Wildman–Crippen MR) is 63.9 cm³/mol. The molecular formula is C11H21N3O2. The highest BCUT2D eigenvalue weighted by Gasteiger charge is 2.16. The summed E-state index contributed by atoms with van der Waals surface area (Å²) in [6, 6.07) is 0. The predicted octanol–water partition coefficient (Wildman–Crippen LogP) is -0.397. The highest BCUT2D eigenvalue weighted by Crippen LogP contribution is 1.98. The molecule has 92 valence electrons. The summed E-state index contributed by atoms with van der Waals surface area (Å²) in [7, 11) is 3.28. The van der Waals surface area contributed by atoms with Crippen LogP contribution in [-0.4, -0.2) is 50.4 Å². The quantitative estimate of drug-likeness (QED) is 0.460. The van der Waals surface area contributed by atoms with Crippen LogP contribution in [-0.2, 0) is 9.59 Å². The van der Waals surface area contributed by atoms with Crippen molar-refractivity contribution in [2.45, 2.75) is 6.92 Å². The van der Waals surface area contributed by atoms with Gasteiger partial charge in [0.1, 0.15) is 0 Å². The van der Waals surface area contributed by atoms with Crippen molar-refractivity contribution in [1.82, 2.24) is 15.5 Å². The van der Waals surface area contributed by atoms with Crippen LogP contribution in [0.1, 0.15) is 6.92 Å². The number of hydrogen-bond acceptors (Lipinski definition) is 3. The summed E-state index contributed by atoms with van der Waals surface area (Å²) >= 11 is 0. The van der Waals surface area contributed by atoms with Crippen LogP contribution in [0.4, 0.5) is 0 Å². The molecule has 0 aromatic carbocycles. The summed E-state index contributed by atoms with van der Waals surface area (Å²) in [6.45, 7) is 6.63. The van der Waals surface area contributed by atoms with Gasteiger partial charge in [0, 0.05) is 27.2 Å². The Balaban J connectivity index is 3.94. The maximum atomic E-state index is 11.6. The van der Waals surface area contributed by atoms with Crippen LogP contribution in [0.5, 0.6) is 0 Å². The third kappa shape index (κ3) is 5.50. The van der Waals surface area contributed by atoms with Gasteiger partial charge in [-0.3, -0.25) is 9.59 Å². The Morgan fingerprint density at radius 2 is 2.12 bits per heavy atom. The molecule has 0 aliphatic heterocycles. The van der Waals surface area contributed by atoms with E-state index in [4.69, 9.17) is 0 Å². The van der Waals surface area contributed by atoms with Gasteiger partial charge in [-0.05, 0) is 0 Å². The lowest BCUT2D eigenvalue weighted by Gasteiger charge is -2.20. The van der Waals surface area contributed by atoms with E-state index >= 15 is 0 Å². The molecular weight excluding hydrogens is 206 g/mol. The zero-order chi connectivity index (χ0) is 12.6. The number of carbonyl (C=O) groups is 2. The van der Waals surface area contributed by atoms with Crippen molar-refractivity contribution < 1.29 is 9.59 Å². The van der Waals surface area contributed by atoms with Gasteiger partial charge in [-0.2, -0.15) is 0 Å². The largest absolute Gasteiger partial charge is 0.359 e. The summed E-state index contributed by atoms with van der Waals surface area (Å²) in [5.74, 6) is -0.283. The maximum Gasteiger partial charge on any atom is 0.236 e. The van der Waals surface area contributed by atoms with Gasteiger partial charge in [0.25, 0.3) is 0 Å². The van der Waals surface area contributed by atoms with Gasteiger partial charge >= 0.3 is 0 Å². The Kier molecular flexibility index (Phi) is 7.20. The summed E-state index contributed by atoms with van der Waals surface area (Å²) < 4.78 is 0. The first-order valence-corrected chi connectivity index (χ1v) is 5.30. The lowest BCUT2D eigenvalue weighted by atomic mass is 10.1. The molecule has 16 heavy (non-hydrogen) atoms. The number of rotatable bonds is 7. The SMILES string of the molecule is C=CCNCC(=O)N(C)CC(C)C(=O)NC. The van der Waals surface area contributed by atoms with Gasteiger partial charge in [0.05, 0.1) is 12.5 Å². The third-order valence-electron chi connectivity index (χ3n) is 2.23. The van der Waals surface area contributed by atoms with E-state index in [1.54, 1.807) is 32.0 Å². The molecule has 0 saturated heterocycles. The molecule has 0 aromatic heterocycles. The van der Waals surface area contributed by atoms with Gasteiger partial charge in [0.15, 0.2) is 0 Å². The van der Waals surface area contributed by atoms with Crippen LogP contribution in [0, 0.1) is 5.92 Å². The molecule has 5 heteroatoms. The van der Waals surface area contributed by atoms with Crippen LogP contribution < -0.4 is 10.6 Å². The van der Waals surface area contributed by atoms with Crippen LogP contribution in [0.25, 0.3) is 0 Å². The smallest absolute Gasteiger partial charge is 0.236 e. The molecule has 0 rings (SSSR count). The Labute approximate surface area is 96.9 Å². The van der Waals surface area contributed by atoms with Gasteiger partial charge in [-0.1, -0.05) is 13.0 Å². The van der Waals surface area contributed by atoms with Crippen molar-refractivity contribution in [3.63, 3.8) is 0 Å². The monoisotopic (exact) mass is 227 g/mol. The van der Waals surface area contributed by atoms with Gasteiger partial charge < -0.3 is 15.5 Å². The fourth-order valence-corrected chi connectivity index (χ4v) is 1.26. The summed E-state index contributed by atoms with van der Waals surface area (Å²) in [5, 5.41) is 5.48. The molecule has 0 bridgehead atoms. The molecule has 1 unspecified atom stereocenters. The van der Waals surface area contributed by atoms with Gasteiger partial charge in [0.2, 0.25) is 11.8 Å². The Morgan fingerprint density at radius 1 is 1.50 bits per heavy atom. The second-order valence-electron chi connectivity index (χ2n) is 3.71. The lowest BCUT2D eigenvalue weighted by molar-refractivity contribution is -0.131. The molecule has 5 nitrogen and oxygen atoms in total. The molecule has 0 aliphatic rings. The first kappa shape index (κ1) is 14.6. The van der Waals surface area contributed by atoms with E-state index in [1.807, 2.05) is 0 Å². The second kappa shape index (κ2) is 7.87. The Morgan fingerprint density at radius 3 is 2.62 bits per heavy atom. The molecule has 0 aliphatic carbocycles. The third-order valence-corrected chi connectivity index (χ3v) is 2.23. The minimum absolute atomic E-state index is 0.0300. The zero-order valence-corrected chi connectivity index (χ0v) is 10.2. The molecule has 0 saturated carbocycles. The molecule has 0 spiro atoms. The lowest BCUT2D eigenvalue weighted by Crippen LogP contribution is -2.41. The normalized spacial score (nSPS) is 11.7. The van der Waals surface area contributed by atoms with Crippen molar-refractivity contribution in [1.29, 1.82) is 0 Å². The second-order valence-corrected chi connectivity index (χ2v) is 3.71. The van der Waals surface area contributed by atoms with Crippen LogP contribution >= 0.6 is 0 Å². The van der Waals surface area contributed by atoms with Crippen molar-refractivity contribution in [2.24, 2.45) is 5.92 Å². The van der Waals surface area contributed by atoms with E-state index in [0.717, 1.165) is 0 Å². The Hall–Kier alpha value is -1.36. The molecule has 0 fully saturated rings. The number of likely N-dealkylation sites (N-methyl/N-ethyl adjacent to an activating group) is 1. The minimum Gasteiger partial charge on any atom is -0.359 e. The topological polar surface area (TPSA) is 61.4 Å². The number of nitrogens with one attached hydrogen (secondary N) is 2. The summed E-state index contributed by atoms with van der Waals surface area (Å²) in [4.78, 5) is 24.4. The molecule has 0 aromatic rings. The van der Waals surface area contributed by atoms with Crippen LogP contribution in [0.3, 0.4) is 0 Å². The van der Waals surface area contributed by atoms with E-state index in [-0.39, 0.29) is 24.3 Å². The number of nitrogens with zero attached hydrogens (tertiary/aromatic N) is 1. The molecule has 0 radical (unpaired) electrons. The van der Waals surface area contributed by atoms with Crippen molar-refractivity contribution >= 4 is 11.8 Å². The molecule has 2 amide bonds. The first-order valence-electron chi connectivity index (χ1n) is 5.30. The van der Waals surface area contributed by atoms with E-state index in [1.165, 1.54) is 0 Å². The van der Waals surface area contributed by atoms with Crippen molar-refractivity contribution in [3.05, 3.63) is 12.7 Å². The molecule has 0 heterocycles. The van der Waals surface area contributed by atoms with Crippen molar-refractivity contribution in [2.75, 3.05) is 33.7 Å². The Bertz CT molecular complexity index is 254. The summed E-state index contributed by atoms with van der Waals surface area (Å²) in [5.41, 5.74) is 0. The first-order chi connectivity index (χ1) is 7.52. The maximum absolute atomic E-state index is 11.6. The highest BCUT2D eigenvalue weighted by atomic mass is 16.2. The standard InChI is InChI=1S/C11H21N3O2/c1-5-6-13-7-10(15)14(4)8-9(2)11(16)12-3/h5,9,13H,1,6-8H2,2-4H3,(H,12,16).